The number of hydrogen-bond acceptors (Lipinski definition) is 3. The van der Waals surface area contributed by atoms with Crippen LogP contribution in [-0.4, -0.2) is 36.7 Å². The highest BCUT2D eigenvalue weighted by molar-refractivity contribution is 7.98. The quantitative estimate of drug-likeness (QED) is 0.664. The van der Waals surface area contributed by atoms with Crippen molar-refractivity contribution >= 4 is 17.7 Å². The fourth-order valence-electron chi connectivity index (χ4n) is 1.17. The van der Waals surface area contributed by atoms with Gasteiger partial charge in [0.1, 0.15) is 0 Å². The molecule has 0 heterocycles. The van der Waals surface area contributed by atoms with Gasteiger partial charge in [0.25, 0.3) is 0 Å². The highest BCUT2D eigenvalue weighted by Crippen LogP contribution is 2.21. The van der Waals surface area contributed by atoms with Gasteiger partial charge in [-0.3, -0.25) is 4.79 Å². The second kappa shape index (κ2) is 8.63. The smallest absolute Gasteiger partial charge is 0.355 e. The monoisotopic (exact) mass is 272 g/mol. The Balaban J connectivity index is 3.51. The molecule has 102 valence electrons. The molecule has 0 aromatic carbocycles. The number of hydrogen-bond donors (Lipinski definition) is 2. The number of rotatable bonds is 8. The third-order valence-corrected chi connectivity index (χ3v) is 2.80. The van der Waals surface area contributed by atoms with Crippen LogP contribution in [-0.2, 0) is 4.79 Å². The molecule has 0 aliphatic carbocycles. The van der Waals surface area contributed by atoms with Crippen molar-refractivity contribution in [2.24, 2.45) is 5.73 Å². The van der Waals surface area contributed by atoms with Crippen LogP contribution in [0.25, 0.3) is 0 Å². The van der Waals surface area contributed by atoms with Crippen LogP contribution in [0.3, 0.4) is 0 Å². The molecular weight excluding hydrogens is 253 g/mol. The van der Waals surface area contributed by atoms with Crippen LogP contribution in [0.5, 0.6) is 0 Å². The molecule has 0 radical (unpaired) electrons. The van der Waals surface area contributed by atoms with Crippen molar-refractivity contribution in [1.29, 1.82) is 0 Å². The fourth-order valence-corrected chi connectivity index (χ4v) is 1.66. The van der Waals surface area contributed by atoms with Gasteiger partial charge in [0.2, 0.25) is 5.91 Å². The molecule has 3 nitrogen and oxygen atoms in total. The van der Waals surface area contributed by atoms with E-state index in [1.165, 1.54) is 0 Å². The van der Waals surface area contributed by atoms with E-state index in [-0.39, 0.29) is 18.9 Å². The molecule has 0 unspecified atom stereocenters. The average molecular weight is 272 g/mol. The Morgan fingerprint density at radius 2 is 2.06 bits per heavy atom. The molecular formula is C10H19F3N2OS. The lowest BCUT2D eigenvalue weighted by Gasteiger charge is -2.11. The summed E-state index contributed by atoms with van der Waals surface area (Å²) in [5.74, 6) is 0.508. The van der Waals surface area contributed by atoms with Gasteiger partial charge in [-0.05, 0) is 31.3 Å². The van der Waals surface area contributed by atoms with Gasteiger partial charge in [-0.2, -0.15) is 24.9 Å². The third-order valence-electron chi connectivity index (χ3n) is 2.16. The molecule has 0 bridgehead atoms. The molecule has 1 atom stereocenters. The van der Waals surface area contributed by atoms with Crippen molar-refractivity contribution in [3.63, 3.8) is 0 Å². The predicted octanol–water partition coefficient (Wildman–Crippen LogP) is 1.92. The van der Waals surface area contributed by atoms with E-state index in [0.717, 1.165) is 5.75 Å². The molecule has 0 aromatic heterocycles. The zero-order chi connectivity index (χ0) is 13.3. The molecule has 0 saturated carbocycles. The molecule has 0 aromatic rings. The third kappa shape index (κ3) is 10.4. The first-order chi connectivity index (χ1) is 7.87. The molecule has 0 aliphatic heterocycles. The number of nitrogens with one attached hydrogen (secondary N) is 1. The van der Waals surface area contributed by atoms with Crippen LogP contribution >= 0.6 is 11.8 Å². The maximum Gasteiger partial charge on any atom is 0.389 e. The number of alkyl halides is 3. The molecule has 17 heavy (non-hydrogen) atoms. The van der Waals surface area contributed by atoms with Gasteiger partial charge < -0.3 is 11.1 Å². The topological polar surface area (TPSA) is 55.1 Å². The Bertz CT molecular complexity index is 224. The van der Waals surface area contributed by atoms with Crippen molar-refractivity contribution < 1.29 is 18.0 Å². The summed E-state index contributed by atoms with van der Waals surface area (Å²) in [4.78, 5) is 11.3. The summed E-state index contributed by atoms with van der Waals surface area (Å²) in [6.45, 7) is 0.252. The van der Waals surface area contributed by atoms with Crippen molar-refractivity contribution in [3.8, 4) is 0 Å². The molecule has 0 saturated heterocycles. The highest BCUT2D eigenvalue weighted by atomic mass is 32.2. The minimum Gasteiger partial charge on any atom is -0.355 e. The van der Waals surface area contributed by atoms with E-state index < -0.39 is 18.6 Å². The van der Waals surface area contributed by atoms with Crippen LogP contribution in [0, 0.1) is 0 Å². The minimum absolute atomic E-state index is 0.0316. The second-order valence-electron chi connectivity index (χ2n) is 3.75. The van der Waals surface area contributed by atoms with Crippen molar-refractivity contribution in [3.05, 3.63) is 0 Å². The Morgan fingerprint density at radius 3 is 2.59 bits per heavy atom. The summed E-state index contributed by atoms with van der Waals surface area (Å²) < 4.78 is 35.4. The van der Waals surface area contributed by atoms with Crippen LogP contribution in [0.15, 0.2) is 0 Å². The number of halogens is 3. The van der Waals surface area contributed by atoms with E-state index in [2.05, 4.69) is 5.32 Å². The number of nitrogens with two attached hydrogens (primary N) is 1. The SMILES string of the molecule is CSCC[C@H](N)C(=O)NCCCCC(F)(F)F. The number of unbranched alkanes of at least 4 members (excludes halogenated alkanes) is 1. The molecule has 0 aliphatic rings. The van der Waals surface area contributed by atoms with E-state index in [4.69, 9.17) is 5.73 Å². The normalized spacial score (nSPS) is 13.5. The summed E-state index contributed by atoms with van der Waals surface area (Å²) in [7, 11) is 0. The molecule has 0 spiro atoms. The van der Waals surface area contributed by atoms with E-state index in [0.29, 0.717) is 12.8 Å². The van der Waals surface area contributed by atoms with Crippen LogP contribution < -0.4 is 11.1 Å². The summed E-state index contributed by atoms with van der Waals surface area (Å²) in [6, 6.07) is -0.565. The van der Waals surface area contributed by atoms with Crippen LogP contribution in [0.4, 0.5) is 13.2 Å². The van der Waals surface area contributed by atoms with Crippen LogP contribution in [0.1, 0.15) is 25.7 Å². The van der Waals surface area contributed by atoms with E-state index in [9.17, 15) is 18.0 Å². The van der Waals surface area contributed by atoms with Gasteiger partial charge in [0.15, 0.2) is 0 Å². The van der Waals surface area contributed by atoms with Gasteiger partial charge in [0.05, 0.1) is 6.04 Å². The number of carbonyl (C=O) groups excluding carboxylic acids is 1. The first kappa shape index (κ1) is 16.6. The summed E-state index contributed by atoms with van der Waals surface area (Å²) >= 11 is 1.60. The van der Waals surface area contributed by atoms with Gasteiger partial charge in [-0.25, -0.2) is 0 Å². The van der Waals surface area contributed by atoms with Gasteiger partial charge in [-0.15, -0.1) is 0 Å². The zero-order valence-electron chi connectivity index (χ0n) is 9.85. The molecule has 7 heteroatoms. The molecule has 0 rings (SSSR count). The first-order valence-corrected chi connectivity index (χ1v) is 6.85. The number of thioether (sulfide) groups is 1. The van der Waals surface area contributed by atoms with Gasteiger partial charge >= 0.3 is 6.18 Å². The second-order valence-corrected chi connectivity index (χ2v) is 4.74. The largest absolute Gasteiger partial charge is 0.389 e. The molecule has 3 N–H and O–H groups in total. The van der Waals surface area contributed by atoms with E-state index in [1.54, 1.807) is 11.8 Å². The van der Waals surface area contributed by atoms with E-state index >= 15 is 0 Å². The maximum atomic E-state index is 11.8. The van der Waals surface area contributed by atoms with Gasteiger partial charge in [-0.1, -0.05) is 0 Å². The molecule has 1 amide bonds. The maximum absolute atomic E-state index is 11.8. The first-order valence-electron chi connectivity index (χ1n) is 5.46. The lowest BCUT2D eigenvalue weighted by Crippen LogP contribution is -2.41. The Kier molecular flexibility index (Phi) is 8.41. The van der Waals surface area contributed by atoms with Crippen molar-refractivity contribution in [1.82, 2.24) is 5.32 Å². The average Bonchev–Trinajstić information content (AvgIpc) is 2.23. The standard InChI is InChI=1S/C10H19F3N2OS/c1-17-7-4-8(14)9(16)15-6-3-2-5-10(11,12)13/h8H,2-7,14H2,1H3,(H,15,16)/t8-/m0/s1. The Morgan fingerprint density at radius 1 is 1.41 bits per heavy atom. The van der Waals surface area contributed by atoms with Crippen molar-refractivity contribution in [2.45, 2.75) is 37.9 Å². The fraction of sp³-hybridized carbons (Fsp3) is 0.900. The number of carbonyl (C=O) groups is 1. The van der Waals surface area contributed by atoms with E-state index in [1.807, 2.05) is 6.26 Å². The van der Waals surface area contributed by atoms with Crippen molar-refractivity contribution in [2.75, 3.05) is 18.6 Å². The summed E-state index contributed by atoms with van der Waals surface area (Å²) in [5.41, 5.74) is 5.58. The van der Waals surface area contributed by atoms with Gasteiger partial charge in [0, 0.05) is 13.0 Å². The summed E-state index contributed by atoms with van der Waals surface area (Å²) in [5, 5.41) is 2.54. The minimum atomic E-state index is -4.11. The zero-order valence-corrected chi connectivity index (χ0v) is 10.7. The van der Waals surface area contributed by atoms with Crippen LogP contribution in [0.2, 0.25) is 0 Å². The molecule has 0 fully saturated rings. The lowest BCUT2D eigenvalue weighted by molar-refractivity contribution is -0.135. The number of amides is 1. The predicted molar refractivity (Wildman–Crippen MR) is 63.9 cm³/mol. The Hall–Kier alpha value is -0.430. The summed E-state index contributed by atoms with van der Waals surface area (Å²) in [6.07, 6.45) is -2.07. The Labute approximate surface area is 104 Å². The highest BCUT2D eigenvalue weighted by Gasteiger charge is 2.25. The lowest BCUT2D eigenvalue weighted by atomic mass is 10.2.